The minimum absolute atomic E-state index is 0.0451. The summed E-state index contributed by atoms with van der Waals surface area (Å²) < 4.78 is 15.1. The Bertz CT molecular complexity index is 1270. The molecule has 2 aromatic carbocycles. The predicted octanol–water partition coefficient (Wildman–Crippen LogP) is 2.82. The molecule has 28 heavy (non-hydrogen) atoms. The Morgan fingerprint density at radius 2 is 1.86 bits per heavy atom. The molecule has 0 saturated carbocycles. The van der Waals surface area contributed by atoms with Crippen molar-refractivity contribution in [1.29, 1.82) is 15.8 Å². The molecule has 1 aromatic heterocycles. The first-order valence-electron chi connectivity index (χ1n) is 8.01. The molecule has 0 aliphatic carbocycles. The van der Waals surface area contributed by atoms with E-state index >= 15 is 0 Å². The number of anilines is 1. The van der Waals surface area contributed by atoms with Crippen molar-refractivity contribution in [2.45, 2.75) is 6.54 Å². The van der Waals surface area contributed by atoms with Crippen LogP contribution in [0.2, 0.25) is 0 Å². The van der Waals surface area contributed by atoms with E-state index in [-0.39, 0.29) is 23.4 Å². The number of benzene rings is 2. The lowest BCUT2D eigenvalue weighted by atomic mass is 10.2. The monoisotopic (exact) mass is 370 g/mol. The van der Waals surface area contributed by atoms with Gasteiger partial charge in [-0.1, -0.05) is 18.2 Å². The van der Waals surface area contributed by atoms with Crippen molar-refractivity contribution >= 4 is 16.6 Å². The van der Waals surface area contributed by atoms with Crippen LogP contribution in [0.5, 0.6) is 0 Å². The fourth-order valence-corrected chi connectivity index (χ4v) is 2.59. The van der Waals surface area contributed by atoms with Crippen LogP contribution < -0.4 is 10.9 Å². The van der Waals surface area contributed by atoms with Gasteiger partial charge in [-0.3, -0.25) is 9.36 Å². The van der Waals surface area contributed by atoms with E-state index in [9.17, 15) is 9.18 Å². The second-order valence-electron chi connectivity index (χ2n) is 5.71. The zero-order chi connectivity index (χ0) is 20.1. The third kappa shape index (κ3) is 3.55. The van der Waals surface area contributed by atoms with Crippen molar-refractivity contribution in [3.63, 3.8) is 0 Å². The number of nitriles is 3. The Balaban J connectivity index is 1.98. The topological polar surface area (TPSA) is 118 Å². The second kappa shape index (κ2) is 7.82. The first-order valence-corrected chi connectivity index (χ1v) is 8.01. The molecule has 0 atom stereocenters. The van der Waals surface area contributed by atoms with Gasteiger partial charge in [-0.25, -0.2) is 9.37 Å². The summed E-state index contributed by atoms with van der Waals surface area (Å²) in [7, 11) is 0. The molecular weight excluding hydrogens is 359 g/mol. The van der Waals surface area contributed by atoms with Crippen molar-refractivity contribution in [2.24, 2.45) is 0 Å². The number of fused-ring (bicyclic) bond motifs is 1. The molecule has 0 fully saturated rings. The number of rotatable bonds is 4. The minimum atomic E-state index is -0.407. The molecule has 0 aliphatic rings. The maximum atomic E-state index is 13.8. The van der Waals surface area contributed by atoms with Crippen molar-refractivity contribution in [3.8, 4) is 18.2 Å². The van der Waals surface area contributed by atoms with Gasteiger partial charge < -0.3 is 5.32 Å². The first kappa shape index (κ1) is 18.3. The zero-order valence-corrected chi connectivity index (χ0v) is 14.3. The molecule has 7 nitrogen and oxygen atoms in total. The van der Waals surface area contributed by atoms with E-state index in [0.29, 0.717) is 22.2 Å². The van der Waals surface area contributed by atoms with Crippen LogP contribution in [0.3, 0.4) is 0 Å². The number of hydrogen-bond acceptors (Lipinski definition) is 6. The van der Waals surface area contributed by atoms with E-state index < -0.39 is 5.82 Å². The van der Waals surface area contributed by atoms with Gasteiger partial charge in [0.05, 0.1) is 23.8 Å². The molecule has 3 aromatic rings. The van der Waals surface area contributed by atoms with E-state index in [4.69, 9.17) is 15.8 Å². The van der Waals surface area contributed by atoms with Gasteiger partial charge >= 0.3 is 0 Å². The van der Waals surface area contributed by atoms with E-state index in [0.717, 1.165) is 0 Å². The van der Waals surface area contributed by atoms with Crippen LogP contribution in [-0.4, -0.2) is 9.55 Å². The van der Waals surface area contributed by atoms with Crippen molar-refractivity contribution in [2.75, 3.05) is 5.32 Å². The molecule has 3 rings (SSSR count). The quantitative estimate of drug-likeness (QED) is 0.706. The Hall–Kier alpha value is -4.48. The van der Waals surface area contributed by atoms with Crippen molar-refractivity contribution in [1.82, 2.24) is 9.55 Å². The highest BCUT2D eigenvalue weighted by molar-refractivity contribution is 5.82. The number of hydrogen-bond donors (Lipinski definition) is 1. The SMILES string of the molecule is N#CC(C#N)=C(C#N)Nc1ccc2c(=O)n(Cc3ccccc3F)cnc2c1. The molecule has 0 saturated heterocycles. The predicted molar refractivity (Wildman–Crippen MR) is 99.0 cm³/mol. The minimum Gasteiger partial charge on any atom is -0.345 e. The van der Waals surface area contributed by atoms with Gasteiger partial charge in [0.15, 0.2) is 5.57 Å². The smallest absolute Gasteiger partial charge is 0.261 e. The van der Waals surface area contributed by atoms with Crippen LogP contribution in [0.1, 0.15) is 5.56 Å². The molecule has 134 valence electrons. The summed E-state index contributed by atoms with van der Waals surface area (Å²) in [6.45, 7) is 0.0451. The maximum Gasteiger partial charge on any atom is 0.261 e. The fraction of sp³-hybridized carbons (Fsp3) is 0.0500. The van der Waals surface area contributed by atoms with E-state index in [1.165, 1.54) is 35.2 Å². The molecule has 0 aliphatic heterocycles. The zero-order valence-electron chi connectivity index (χ0n) is 14.3. The summed E-state index contributed by atoms with van der Waals surface area (Å²) in [5.41, 5.74) is 0.227. The van der Waals surface area contributed by atoms with Crippen LogP contribution in [0.4, 0.5) is 10.1 Å². The Morgan fingerprint density at radius 3 is 2.54 bits per heavy atom. The highest BCUT2D eigenvalue weighted by atomic mass is 19.1. The van der Waals surface area contributed by atoms with Gasteiger partial charge in [-0.15, -0.1) is 0 Å². The Labute approximate surface area is 158 Å². The number of allylic oxidation sites excluding steroid dienone is 2. The standard InChI is InChI=1S/C20H11FN6O/c21-17-4-2-1-3-13(17)11-27-12-25-18-7-15(5-6-16(18)20(27)28)26-19(10-24)14(8-22)9-23/h1-7,12,26H,11H2. The van der Waals surface area contributed by atoms with Gasteiger partial charge in [0.1, 0.15) is 29.7 Å². The lowest BCUT2D eigenvalue weighted by Gasteiger charge is -2.09. The summed E-state index contributed by atoms with van der Waals surface area (Å²) in [5.74, 6) is -0.407. The van der Waals surface area contributed by atoms with Gasteiger partial charge in [-0.2, -0.15) is 15.8 Å². The van der Waals surface area contributed by atoms with Crippen LogP contribution in [0.25, 0.3) is 10.9 Å². The van der Waals surface area contributed by atoms with Gasteiger partial charge in [0.2, 0.25) is 0 Å². The average Bonchev–Trinajstić information content (AvgIpc) is 2.71. The van der Waals surface area contributed by atoms with Crippen LogP contribution >= 0.6 is 0 Å². The number of nitrogens with zero attached hydrogens (tertiary/aromatic N) is 5. The molecular formula is C20H11FN6O. The van der Waals surface area contributed by atoms with E-state index in [2.05, 4.69) is 10.3 Å². The third-order valence-electron chi connectivity index (χ3n) is 3.98. The van der Waals surface area contributed by atoms with Gasteiger partial charge in [0.25, 0.3) is 5.56 Å². The van der Waals surface area contributed by atoms with E-state index in [1.807, 2.05) is 0 Å². The largest absolute Gasteiger partial charge is 0.345 e. The Morgan fingerprint density at radius 1 is 1.11 bits per heavy atom. The highest BCUT2D eigenvalue weighted by Crippen LogP contribution is 2.17. The summed E-state index contributed by atoms with van der Waals surface area (Å²) in [6.07, 6.45) is 1.32. The molecule has 1 N–H and O–H groups in total. The third-order valence-corrected chi connectivity index (χ3v) is 3.98. The second-order valence-corrected chi connectivity index (χ2v) is 5.71. The van der Waals surface area contributed by atoms with Crippen molar-refractivity contribution in [3.05, 3.63) is 81.8 Å². The first-order chi connectivity index (χ1) is 13.6. The molecule has 1 heterocycles. The summed E-state index contributed by atoms with van der Waals surface area (Å²) in [4.78, 5) is 16.9. The van der Waals surface area contributed by atoms with Crippen LogP contribution in [0, 0.1) is 39.8 Å². The van der Waals surface area contributed by atoms with Crippen LogP contribution in [-0.2, 0) is 6.54 Å². The summed E-state index contributed by atoms with van der Waals surface area (Å²) in [6, 6.07) is 15.8. The lowest BCUT2D eigenvalue weighted by Crippen LogP contribution is -2.21. The lowest BCUT2D eigenvalue weighted by molar-refractivity contribution is 0.595. The normalized spacial score (nSPS) is 9.79. The van der Waals surface area contributed by atoms with Gasteiger partial charge in [-0.05, 0) is 24.3 Å². The van der Waals surface area contributed by atoms with Gasteiger partial charge in [0, 0.05) is 11.3 Å². The van der Waals surface area contributed by atoms with Crippen molar-refractivity contribution < 1.29 is 4.39 Å². The number of aromatic nitrogens is 2. The van der Waals surface area contributed by atoms with E-state index in [1.54, 1.807) is 36.4 Å². The average molecular weight is 370 g/mol. The molecule has 8 heteroatoms. The molecule has 0 radical (unpaired) electrons. The summed E-state index contributed by atoms with van der Waals surface area (Å²) >= 11 is 0. The highest BCUT2D eigenvalue weighted by Gasteiger charge is 2.10. The molecule has 0 unspecified atom stereocenters. The maximum absolute atomic E-state index is 13.8. The molecule has 0 amide bonds. The number of halogens is 1. The Kier molecular flexibility index (Phi) is 5.12. The fourth-order valence-electron chi connectivity index (χ4n) is 2.59. The summed E-state index contributed by atoms with van der Waals surface area (Å²) in [5, 5.41) is 29.9. The molecule has 0 spiro atoms. The van der Waals surface area contributed by atoms with Crippen LogP contribution in [0.15, 0.2) is 64.9 Å². The molecule has 0 bridgehead atoms. The number of nitrogens with one attached hydrogen (secondary N) is 1.